The highest BCUT2D eigenvalue weighted by Gasteiger charge is 2.21. The Kier molecular flexibility index (Phi) is 4.66. The van der Waals surface area contributed by atoms with Gasteiger partial charge in [0.1, 0.15) is 10.9 Å². The van der Waals surface area contributed by atoms with Crippen molar-refractivity contribution in [1.82, 2.24) is 24.1 Å². The molecular weight excluding hydrogens is 434 g/mol. The molecule has 3 heterocycles. The van der Waals surface area contributed by atoms with Gasteiger partial charge in [-0.05, 0) is 42.3 Å². The molecule has 33 heavy (non-hydrogen) atoms. The van der Waals surface area contributed by atoms with Gasteiger partial charge in [-0.25, -0.2) is 15.0 Å². The van der Waals surface area contributed by atoms with E-state index in [2.05, 4.69) is 12.1 Å². The SMILES string of the molecule is O=c1c2c3nc4ccccc4nc3n(-c3cccc(Cl)c3)c2ncn1CCc1ccccc1. The van der Waals surface area contributed by atoms with Crippen LogP contribution in [0.2, 0.25) is 5.02 Å². The summed E-state index contributed by atoms with van der Waals surface area (Å²) >= 11 is 6.28. The third-order valence-corrected chi connectivity index (χ3v) is 6.02. The zero-order valence-electron chi connectivity index (χ0n) is 17.5. The van der Waals surface area contributed by atoms with Gasteiger partial charge in [0, 0.05) is 11.6 Å². The Labute approximate surface area is 193 Å². The first kappa shape index (κ1) is 19.6. The molecule has 0 aliphatic rings. The molecule has 0 radical (unpaired) electrons. The lowest BCUT2D eigenvalue weighted by molar-refractivity contribution is 0.662. The molecule has 6 aromatic rings. The van der Waals surface area contributed by atoms with Crippen molar-refractivity contribution in [3.05, 3.63) is 106 Å². The average molecular weight is 452 g/mol. The first-order chi connectivity index (χ1) is 16.2. The first-order valence-corrected chi connectivity index (χ1v) is 11.0. The lowest BCUT2D eigenvalue weighted by atomic mass is 10.1. The molecule has 6 rings (SSSR count). The summed E-state index contributed by atoms with van der Waals surface area (Å²) in [5, 5.41) is 1.05. The van der Waals surface area contributed by atoms with E-state index >= 15 is 0 Å². The maximum absolute atomic E-state index is 13.6. The Bertz CT molecular complexity index is 1710. The Hall–Kier alpha value is -4.03. The highest BCUT2D eigenvalue weighted by atomic mass is 35.5. The molecule has 3 aromatic heterocycles. The molecule has 0 aliphatic carbocycles. The minimum atomic E-state index is -0.133. The topological polar surface area (TPSA) is 65.6 Å². The molecule has 0 atom stereocenters. The molecule has 0 unspecified atom stereocenters. The van der Waals surface area contributed by atoms with Crippen LogP contribution < -0.4 is 5.56 Å². The normalized spacial score (nSPS) is 11.5. The zero-order chi connectivity index (χ0) is 22.4. The van der Waals surface area contributed by atoms with Crippen molar-refractivity contribution in [2.45, 2.75) is 13.0 Å². The number of fused-ring (bicyclic) bond motifs is 4. The van der Waals surface area contributed by atoms with E-state index in [9.17, 15) is 4.79 Å². The van der Waals surface area contributed by atoms with Crippen LogP contribution in [0.3, 0.4) is 0 Å². The number of rotatable bonds is 4. The van der Waals surface area contributed by atoms with Crippen molar-refractivity contribution in [2.24, 2.45) is 0 Å². The Morgan fingerprint density at radius 1 is 0.818 bits per heavy atom. The highest BCUT2D eigenvalue weighted by molar-refractivity contribution is 6.30. The number of benzene rings is 3. The summed E-state index contributed by atoms with van der Waals surface area (Å²) in [6.45, 7) is 0.524. The number of para-hydroxylation sites is 2. The molecule has 0 spiro atoms. The highest BCUT2D eigenvalue weighted by Crippen LogP contribution is 2.29. The zero-order valence-corrected chi connectivity index (χ0v) is 18.3. The second-order valence-corrected chi connectivity index (χ2v) is 8.31. The van der Waals surface area contributed by atoms with Crippen molar-refractivity contribution in [3.8, 4) is 5.69 Å². The van der Waals surface area contributed by atoms with Crippen molar-refractivity contribution < 1.29 is 0 Å². The fourth-order valence-electron chi connectivity index (χ4n) is 4.19. The summed E-state index contributed by atoms with van der Waals surface area (Å²) in [5.41, 5.74) is 4.92. The standard InChI is InChI=1S/C26H18ClN5O/c27-18-9-6-10-19(15-18)32-24-22(23-25(32)30-21-12-5-4-11-20(21)29-23)26(33)31(16-28-24)14-13-17-7-2-1-3-8-17/h1-12,15-16H,13-14H2. The summed E-state index contributed by atoms with van der Waals surface area (Å²) < 4.78 is 3.51. The number of aromatic nitrogens is 5. The van der Waals surface area contributed by atoms with E-state index < -0.39 is 0 Å². The molecule has 0 saturated carbocycles. The minimum absolute atomic E-state index is 0.133. The van der Waals surface area contributed by atoms with Crippen molar-refractivity contribution in [1.29, 1.82) is 0 Å². The maximum Gasteiger partial charge on any atom is 0.265 e. The smallest absolute Gasteiger partial charge is 0.265 e. The van der Waals surface area contributed by atoms with Crippen LogP contribution >= 0.6 is 11.6 Å². The number of halogens is 1. The number of nitrogens with zero attached hydrogens (tertiary/aromatic N) is 5. The van der Waals surface area contributed by atoms with Crippen LogP contribution in [0.4, 0.5) is 0 Å². The van der Waals surface area contributed by atoms with Gasteiger partial charge < -0.3 is 0 Å². The second kappa shape index (κ2) is 7.83. The van der Waals surface area contributed by atoms with Gasteiger partial charge in [-0.1, -0.05) is 60.1 Å². The number of aryl methyl sites for hydroxylation is 2. The Morgan fingerprint density at radius 3 is 2.36 bits per heavy atom. The first-order valence-electron chi connectivity index (χ1n) is 10.7. The van der Waals surface area contributed by atoms with E-state index in [1.165, 1.54) is 0 Å². The molecule has 0 aliphatic heterocycles. The second-order valence-electron chi connectivity index (χ2n) is 7.88. The molecule has 0 fully saturated rings. The lowest BCUT2D eigenvalue weighted by Gasteiger charge is -2.08. The molecule has 0 bridgehead atoms. The summed E-state index contributed by atoms with van der Waals surface area (Å²) in [5.74, 6) is 0. The van der Waals surface area contributed by atoms with Gasteiger partial charge in [-0.15, -0.1) is 0 Å². The fourth-order valence-corrected chi connectivity index (χ4v) is 4.37. The van der Waals surface area contributed by atoms with Crippen LogP contribution in [0.25, 0.3) is 38.9 Å². The van der Waals surface area contributed by atoms with Crippen LogP contribution in [-0.2, 0) is 13.0 Å². The predicted molar refractivity (Wildman–Crippen MR) is 131 cm³/mol. The summed E-state index contributed by atoms with van der Waals surface area (Å²) in [6.07, 6.45) is 2.34. The van der Waals surface area contributed by atoms with Crippen LogP contribution in [0, 0.1) is 0 Å². The Balaban J connectivity index is 1.62. The van der Waals surface area contributed by atoms with Crippen molar-refractivity contribution in [2.75, 3.05) is 0 Å². The molecular formula is C26H18ClN5O. The van der Waals surface area contributed by atoms with E-state index in [0.29, 0.717) is 33.8 Å². The van der Waals surface area contributed by atoms with Crippen LogP contribution in [0.1, 0.15) is 5.56 Å². The van der Waals surface area contributed by atoms with Gasteiger partial charge in [0.15, 0.2) is 11.3 Å². The van der Waals surface area contributed by atoms with Crippen LogP contribution in [0.15, 0.2) is 90.0 Å². The van der Waals surface area contributed by atoms with E-state index in [4.69, 9.17) is 26.6 Å². The average Bonchev–Trinajstić information content (AvgIpc) is 3.16. The quantitative estimate of drug-likeness (QED) is 0.370. The molecule has 7 heteroatoms. The van der Waals surface area contributed by atoms with Crippen LogP contribution in [0.5, 0.6) is 0 Å². The van der Waals surface area contributed by atoms with Gasteiger partial charge in [0.25, 0.3) is 5.56 Å². The molecule has 0 saturated heterocycles. The van der Waals surface area contributed by atoms with Gasteiger partial charge >= 0.3 is 0 Å². The Morgan fingerprint density at radius 2 is 1.58 bits per heavy atom. The molecule has 3 aromatic carbocycles. The van der Waals surface area contributed by atoms with Gasteiger partial charge in [-0.3, -0.25) is 13.9 Å². The summed E-state index contributed by atoms with van der Waals surface area (Å²) in [4.78, 5) is 28.0. The van der Waals surface area contributed by atoms with Gasteiger partial charge in [-0.2, -0.15) is 0 Å². The predicted octanol–water partition coefficient (Wildman–Crippen LogP) is 5.18. The summed E-state index contributed by atoms with van der Waals surface area (Å²) in [7, 11) is 0. The third kappa shape index (κ3) is 3.36. The molecule has 6 nitrogen and oxygen atoms in total. The number of hydrogen-bond donors (Lipinski definition) is 0. The number of hydrogen-bond acceptors (Lipinski definition) is 4. The third-order valence-electron chi connectivity index (χ3n) is 5.78. The van der Waals surface area contributed by atoms with Gasteiger partial charge in [0.2, 0.25) is 0 Å². The maximum atomic E-state index is 13.6. The molecule has 0 N–H and O–H groups in total. The van der Waals surface area contributed by atoms with E-state index in [1.807, 2.05) is 71.3 Å². The van der Waals surface area contributed by atoms with Crippen molar-refractivity contribution >= 4 is 44.8 Å². The van der Waals surface area contributed by atoms with Crippen molar-refractivity contribution in [3.63, 3.8) is 0 Å². The van der Waals surface area contributed by atoms with Gasteiger partial charge in [0.05, 0.1) is 23.0 Å². The van der Waals surface area contributed by atoms with E-state index in [1.54, 1.807) is 10.9 Å². The fraction of sp³-hybridized carbons (Fsp3) is 0.0769. The van der Waals surface area contributed by atoms with E-state index in [-0.39, 0.29) is 5.56 Å². The monoisotopic (exact) mass is 451 g/mol. The minimum Gasteiger partial charge on any atom is -0.298 e. The van der Waals surface area contributed by atoms with E-state index in [0.717, 1.165) is 28.7 Å². The molecule has 160 valence electrons. The molecule has 0 amide bonds. The largest absolute Gasteiger partial charge is 0.298 e. The summed E-state index contributed by atoms with van der Waals surface area (Å²) in [6, 6.07) is 25.2. The lowest BCUT2D eigenvalue weighted by Crippen LogP contribution is -2.21. The van der Waals surface area contributed by atoms with Crippen LogP contribution in [-0.4, -0.2) is 24.1 Å².